The van der Waals surface area contributed by atoms with Gasteiger partial charge in [0.2, 0.25) is 0 Å². The first-order chi connectivity index (χ1) is 10.6. The molecular weight excluding hydrogens is 280 g/mol. The van der Waals surface area contributed by atoms with Crippen LogP contribution in [0.15, 0.2) is 18.2 Å². The molecule has 0 spiro atoms. The second-order valence-corrected chi connectivity index (χ2v) is 6.00. The molecule has 2 N–H and O–H groups in total. The zero-order chi connectivity index (χ0) is 15.9. The summed E-state index contributed by atoms with van der Waals surface area (Å²) in [6, 6.07) is 5.44. The van der Waals surface area contributed by atoms with Crippen molar-refractivity contribution >= 4 is 6.03 Å². The van der Waals surface area contributed by atoms with E-state index in [1.807, 2.05) is 6.07 Å². The van der Waals surface area contributed by atoms with Gasteiger partial charge in [-0.3, -0.25) is 0 Å². The lowest BCUT2D eigenvalue weighted by atomic mass is 10.1. The number of rotatable bonds is 4. The molecule has 1 fully saturated rings. The maximum absolute atomic E-state index is 12.3. The van der Waals surface area contributed by atoms with Crippen LogP contribution in [0.1, 0.15) is 44.1 Å². The van der Waals surface area contributed by atoms with Crippen molar-refractivity contribution < 1.29 is 14.6 Å². The highest BCUT2D eigenvalue weighted by atomic mass is 16.5. The normalized spacial score (nSPS) is 15.9. The van der Waals surface area contributed by atoms with Gasteiger partial charge in [0.05, 0.1) is 7.11 Å². The van der Waals surface area contributed by atoms with Crippen LogP contribution in [0.4, 0.5) is 4.79 Å². The first-order valence-electron chi connectivity index (χ1n) is 7.97. The Morgan fingerprint density at radius 3 is 2.59 bits per heavy atom. The molecule has 2 rings (SSSR count). The minimum atomic E-state index is -0.0535. The molecule has 1 saturated carbocycles. The summed E-state index contributed by atoms with van der Waals surface area (Å²) < 4.78 is 5.02. The Balaban J connectivity index is 1.88. The van der Waals surface area contributed by atoms with E-state index < -0.39 is 0 Å². The Hall–Kier alpha value is -1.91. The number of benzene rings is 1. The number of hydrogen-bond acceptors (Lipinski definition) is 3. The van der Waals surface area contributed by atoms with Crippen LogP contribution in [0.5, 0.6) is 11.5 Å². The van der Waals surface area contributed by atoms with Crippen molar-refractivity contribution in [3.8, 4) is 11.5 Å². The van der Waals surface area contributed by atoms with Crippen LogP contribution in [0.3, 0.4) is 0 Å². The number of urea groups is 1. The van der Waals surface area contributed by atoms with E-state index in [0.717, 1.165) is 18.4 Å². The van der Waals surface area contributed by atoms with E-state index in [4.69, 9.17) is 4.74 Å². The summed E-state index contributed by atoms with van der Waals surface area (Å²) in [6.07, 6.45) is 7.08. The highest BCUT2D eigenvalue weighted by Gasteiger charge is 2.17. The zero-order valence-electron chi connectivity index (χ0n) is 13.5. The number of carbonyl (C=O) groups excluding carboxylic acids is 1. The van der Waals surface area contributed by atoms with Crippen LogP contribution in [0, 0.1) is 0 Å². The number of nitrogens with zero attached hydrogens (tertiary/aromatic N) is 1. The number of phenolic OH excluding ortho intramolecular Hbond substituents is 1. The SMILES string of the molecule is COc1ccc(CN(C)C(=O)NC2CCCCCC2)cc1O. The molecule has 0 aliphatic heterocycles. The molecule has 2 amide bonds. The molecule has 5 heteroatoms. The lowest BCUT2D eigenvalue weighted by molar-refractivity contribution is 0.201. The molecule has 0 aromatic heterocycles. The van der Waals surface area contributed by atoms with Crippen LogP contribution < -0.4 is 10.1 Å². The number of phenols is 1. The maximum Gasteiger partial charge on any atom is 0.317 e. The van der Waals surface area contributed by atoms with Gasteiger partial charge >= 0.3 is 6.03 Å². The minimum Gasteiger partial charge on any atom is -0.504 e. The molecular formula is C17H26N2O3. The smallest absolute Gasteiger partial charge is 0.317 e. The topological polar surface area (TPSA) is 61.8 Å². The third kappa shape index (κ3) is 4.55. The summed E-state index contributed by atoms with van der Waals surface area (Å²) in [4.78, 5) is 13.9. The second kappa shape index (κ2) is 7.92. The molecule has 22 heavy (non-hydrogen) atoms. The molecule has 1 aromatic carbocycles. The van der Waals surface area contributed by atoms with Crippen LogP contribution in [-0.2, 0) is 6.54 Å². The van der Waals surface area contributed by atoms with E-state index in [2.05, 4.69) is 5.32 Å². The summed E-state index contributed by atoms with van der Waals surface area (Å²) in [5.74, 6) is 0.534. The average molecular weight is 306 g/mol. The van der Waals surface area contributed by atoms with Crippen LogP contribution in [-0.4, -0.2) is 36.2 Å². The van der Waals surface area contributed by atoms with Crippen molar-refractivity contribution in [2.45, 2.75) is 51.1 Å². The number of methoxy groups -OCH3 is 1. The Bertz CT molecular complexity index is 497. The van der Waals surface area contributed by atoms with Gasteiger partial charge in [0, 0.05) is 19.6 Å². The van der Waals surface area contributed by atoms with Crippen LogP contribution in [0.2, 0.25) is 0 Å². The predicted octanol–water partition coefficient (Wildman–Crippen LogP) is 3.27. The number of amides is 2. The van der Waals surface area contributed by atoms with Gasteiger partial charge in [-0.1, -0.05) is 31.7 Å². The predicted molar refractivity (Wildman–Crippen MR) is 86.1 cm³/mol. The maximum atomic E-state index is 12.3. The molecule has 0 saturated heterocycles. The fourth-order valence-corrected chi connectivity index (χ4v) is 2.89. The Kier molecular flexibility index (Phi) is 5.92. The van der Waals surface area contributed by atoms with E-state index >= 15 is 0 Å². The molecule has 0 atom stereocenters. The number of hydrogen-bond donors (Lipinski definition) is 2. The van der Waals surface area contributed by atoms with E-state index in [9.17, 15) is 9.90 Å². The first kappa shape index (κ1) is 16.5. The van der Waals surface area contributed by atoms with Crippen molar-refractivity contribution in [1.82, 2.24) is 10.2 Å². The summed E-state index contributed by atoms with van der Waals surface area (Å²) in [7, 11) is 3.29. The fourth-order valence-electron chi connectivity index (χ4n) is 2.89. The Labute approximate surface area is 132 Å². The highest BCUT2D eigenvalue weighted by Crippen LogP contribution is 2.26. The molecule has 5 nitrogen and oxygen atoms in total. The number of nitrogens with one attached hydrogen (secondary N) is 1. The largest absolute Gasteiger partial charge is 0.504 e. The summed E-state index contributed by atoms with van der Waals surface area (Å²) >= 11 is 0. The molecule has 0 unspecified atom stereocenters. The van der Waals surface area contributed by atoms with E-state index in [1.165, 1.54) is 32.8 Å². The van der Waals surface area contributed by atoms with Gasteiger partial charge in [-0.25, -0.2) is 4.79 Å². The first-order valence-corrected chi connectivity index (χ1v) is 7.97. The van der Waals surface area contributed by atoms with Crippen molar-refractivity contribution in [3.63, 3.8) is 0 Å². The number of aromatic hydroxyl groups is 1. The molecule has 0 radical (unpaired) electrons. The van der Waals surface area contributed by atoms with Gasteiger partial charge in [0.25, 0.3) is 0 Å². The van der Waals surface area contributed by atoms with Crippen LogP contribution >= 0.6 is 0 Å². The third-order valence-corrected chi connectivity index (χ3v) is 4.19. The summed E-state index contributed by atoms with van der Waals surface area (Å²) in [6.45, 7) is 0.454. The molecule has 1 aliphatic carbocycles. The van der Waals surface area contributed by atoms with Crippen molar-refractivity contribution in [2.75, 3.05) is 14.2 Å². The van der Waals surface area contributed by atoms with E-state index in [0.29, 0.717) is 18.3 Å². The van der Waals surface area contributed by atoms with Gasteiger partial charge in [-0.05, 0) is 30.5 Å². The standard InChI is InChI=1S/C17H26N2O3/c1-19(12-13-9-10-16(22-2)15(20)11-13)17(21)18-14-7-5-3-4-6-8-14/h9-11,14,20H,3-8,12H2,1-2H3,(H,18,21). The zero-order valence-corrected chi connectivity index (χ0v) is 13.5. The Morgan fingerprint density at radius 2 is 2.00 bits per heavy atom. The highest BCUT2D eigenvalue weighted by molar-refractivity contribution is 5.74. The Morgan fingerprint density at radius 1 is 1.32 bits per heavy atom. The van der Waals surface area contributed by atoms with Gasteiger partial charge in [-0.2, -0.15) is 0 Å². The average Bonchev–Trinajstić information content (AvgIpc) is 2.76. The summed E-state index contributed by atoms with van der Waals surface area (Å²) in [5.41, 5.74) is 0.872. The lowest BCUT2D eigenvalue weighted by Gasteiger charge is -2.23. The van der Waals surface area contributed by atoms with Gasteiger partial charge < -0.3 is 20.1 Å². The van der Waals surface area contributed by atoms with E-state index in [1.54, 1.807) is 24.1 Å². The monoisotopic (exact) mass is 306 g/mol. The third-order valence-electron chi connectivity index (χ3n) is 4.19. The van der Waals surface area contributed by atoms with E-state index in [-0.39, 0.29) is 11.8 Å². The second-order valence-electron chi connectivity index (χ2n) is 6.00. The fraction of sp³-hybridized carbons (Fsp3) is 0.588. The van der Waals surface area contributed by atoms with Gasteiger partial charge in [0.1, 0.15) is 0 Å². The van der Waals surface area contributed by atoms with Crippen molar-refractivity contribution in [3.05, 3.63) is 23.8 Å². The van der Waals surface area contributed by atoms with Crippen molar-refractivity contribution in [1.29, 1.82) is 0 Å². The molecule has 1 aliphatic rings. The lowest BCUT2D eigenvalue weighted by Crippen LogP contribution is -2.42. The summed E-state index contributed by atoms with van der Waals surface area (Å²) in [5, 5.41) is 12.9. The van der Waals surface area contributed by atoms with Gasteiger partial charge in [0.15, 0.2) is 11.5 Å². The molecule has 0 bridgehead atoms. The minimum absolute atomic E-state index is 0.0535. The van der Waals surface area contributed by atoms with Crippen LogP contribution in [0.25, 0.3) is 0 Å². The van der Waals surface area contributed by atoms with Gasteiger partial charge in [-0.15, -0.1) is 0 Å². The number of carbonyl (C=O) groups is 1. The van der Waals surface area contributed by atoms with Crippen molar-refractivity contribution in [2.24, 2.45) is 0 Å². The molecule has 122 valence electrons. The number of ether oxygens (including phenoxy) is 1. The molecule has 1 aromatic rings. The quantitative estimate of drug-likeness (QED) is 0.839. The molecule has 0 heterocycles.